The van der Waals surface area contributed by atoms with Crippen LogP contribution in [0.5, 0.6) is 0 Å². The second-order valence-electron chi connectivity index (χ2n) is 12.8. The predicted octanol–water partition coefficient (Wildman–Crippen LogP) is 3.46. The number of hydrogen-bond donors (Lipinski definition) is 2. The summed E-state index contributed by atoms with van der Waals surface area (Å²) in [4.78, 5) is 56.1. The molecule has 0 saturated carbocycles. The normalized spacial score (nSPS) is 18.5. The Labute approximate surface area is 337 Å². The third-order valence-corrected chi connectivity index (χ3v) is 9.01. The van der Waals surface area contributed by atoms with Crippen molar-refractivity contribution in [3.63, 3.8) is 0 Å². The molecule has 0 aromatic heterocycles. The van der Waals surface area contributed by atoms with Crippen molar-refractivity contribution in [3.8, 4) is 0 Å². The Bertz CT molecular complexity index is 811. The van der Waals surface area contributed by atoms with Gasteiger partial charge in [-0.2, -0.15) is 0 Å². The molecule has 0 spiro atoms. The second-order valence-corrected chi connectivity index (χ2v) is 14.5. The molecule has 0 radical (unpaired) electrons. The Morgan fingerprint density at radius 2 is 0.615 bits per heavy atom. The van der Waals surface area contributed by atoms with Crippen molar-refractivity contribution in [3.05, 3.63) is 0 Å². The summed E-state index contributed by atoms with van der Waals surface area (Å²) < 4.78 is 0. The van der Waals surface area contributed by atoms with Gasteiger partial charge in [-0.25, -0.2) is 0 Å². The number of alkyl halides is 2. The monoisotopic (exact) mass is 872 g/mol. The van der Waals surface area contributed by atoms with E-state index in [4.69, 9.17) is 0 Å². The van der Waals surface area contributed by atoms with Crippen molar-refractivity contribution < 1.29 is 19.2 Å². The van der Waals surface area contributed by atoms with E-state index in [1.807, 2.05) is 6.92 Å². The van der Waals surface area contributed by atoms with Crippen molar-refractivity contribution in [2.75, 3.05) is 155 Å². The first-order chi connectivity index (χ1) is 23.8. The van der Waals surface area contributed by atoms with Gasteiger partial charge in [0.2, 0.25) is 0 Å². The molecule has 4 aliphatic rings. The second kappa shape index (κ2) is 40.0. The number of Topliss-reactive ketones (excluding diaryl/α,β-unsaturated/α-hetero) is 4. The summed E-state index contributed by atoms with van der Waals surface area (Å²) >= 11 is 6.11. The number of likely N-dealkylation sites (N-methyl/N-ethyl adjacent to an activating group) is 3. The van der Waals surface area contributed by atoms with Crippen molar-refractivity contribution in [1.82, 2.24) is 40.0 Å². The summed E-state index contributed by atoms with van der Waals surface area (Å²) in [5, 5.41) is 8.08. The molecular formula is C38H82Br2N8O4. The lowest BCUT2D eigenvalue weighted by molar-refractivity contribution is -0.120. The zero-order valence-electron chi connectivity index (χ0n) is 33.0. The van der Waals surface area contributed by atoms with Gasteiger partial charge in [0.25, 0.3) is 0 Å². The molecule has 0 atom stereocenters. The van der Waals surface area contributed by atoms with Crippen LogP contribution in [0.25, 0.3) is 0 Å². The van der Waals surface area contributed by atoms with Gasteiger partial charge in [-0.1, -0.05) is 74.4 Å². The fourth-order valence-electron chi connectivity index (χ4n) is 5.37. The number of nitrogens with one attached hydrogen (secondary N) is 2. The molecule has 12 nitrogen and oxygen atoms in total. The van der Waals surface area contributed by atoms with Gasteiger partial charge in [0, 0.05) is 110 Å². The fourth-order valence-corrected chi connectivity index (χ4v) is 5.37. The Morgan fingerprint density at radius 1 is 0.423 bits per heavy atom. The van der Waals surface area contributed by atoms with Crippen molar-refractivity contribution in [1.29, 1.82) is 0 Å². The summed E-state index contributed by atoms with van der Waals surface area (Å²) in [5.41, 5.74) is 0. The Morgan fingerprint density at radius 3 is 0.808 bits per heavy atom. The first-order valence-corrected chi connectivity index (χ1v) is 20.9. The van der Waals surface area contributed by atoms with Crippen LogP contribution in [0.15, 0.2) is 0 Å². The third-order valence-electron chi connectivity index (χ3n) is 8.22. The quantitative estimate of drug-likeness (QED) is 0.314. The molecule has 52 heavy (non-hydrogen) atoms. The molecule has 2 N–H and O–H groups in total. The highest BCUT2D eigenvalue weighted by atomic mass is 79.9. The van der Waals surface area contributed by atoms with E-state index in [0.717, 1.165) is 57.7 Å². The van der Waals surface area contributed by atoms with Gasteiger partial charge < -0.3 is 25.3 Å². The average Bonchev–Trinajstić information content (AvgIpc) is 3.10. The molecule has 4 heterocycles. The predicted molar refractivity (Wildman–Crippen MR) is 231 cm³/mol. The summed E-state index contributed by atoms with van der Waals surface area (Å²) in [5.74, 6) is 0.863. The molecule has 0 aliphatic carbocycles. The maximum absolute atomic E-state index is 10.9. The highest BCUT2D eigenvalue weighted by Gasteiger charge is 2.18. The first-order valence-electron chi connectivity index (χ1n) is 18.7. The van der Waals surface area contributed by atoms with Gasteiger partial charge in [0.05, 0.1) is 25.0 Å². The zero-order valence-corrected chi connectivity index (χ0v) is 36.2. The number of ketones is 4. The minimum absolute atomic E-state index is 0. The van der Waals surface area contributed by atoms with Crippen LogP contribution in [0.2, 0.25) is 0 Å². The number of halogens is 2. The molecule has 4 fully saturated rings. The van der Waals surface area contributed by atoms with E-state index in [1.165, 1.54) is 78.9 Å². The largest absolute Gasteiger partial charge is 0.314 e. The highest BCUT2D eigenvalue weighted by Crippen LogP contribution is 2.01. The number of piperazine rings is 4. The lowest BCUT2D eigenvalue weighted by Crippen LogP contribution is -2.48. The number of rotatable bonds is 10. The van der Waals surface area contributed by atoms with E-state index in [2.05, 4.69) is 92.7 Å². The van der Waals surface area contributed by atoms with Gasteiger partial charge in [-0.05, 0) is 47.3 Å². The number of hydrogen-bond acceptors (Lipinski definition) is 12. The molecule has 14 heteroatoms. The van der Waals surface area contributed by atoms with Crippen LogP contribution in [-0.4, -0.2) is 207 Å². The maximum atomic E-state index is 10.9. The van der Waals surface area contributed by atoms with E-state index in [9.17, 15) is 19.2 Å². The van der Waals surface area contributed by atoms with E-state index >= 15 is 0 Å². The summed E-state index contributed by atoms with van der Waals surface area (Å²) in [6, 6.07) is 0. The number of carbonyl (C=O) groups is 4. The van der Waals surface area contributed by atoms with Crippen LogP contribution < -0.4 is 10.6 Å². The molecule has 0 unspecified atom stereocenters. The Kier molecular flexibility index (Phi) is 44.6. The molecule has 312 valence electrons. The highest BCUT2D eigenvalue weighted by molar-refractivity contribution is 9.09. The molecule has 4 saturated heterocycles. The minimum atomic E-state index is 0. The molecule has 4 rings (SSSR count). The molecular weight excluding hydrogens is 792 g/mol. The SMILES string of the molecule is C.C.CC(=O)CBr.CC(=O)CN1CCN(CC(C)=O)CC1.CC(=O)CN1CCNCC1.CCBr.CCN1CCN(CC)CC1.CCN1CCNCC1. The van der Waals surface area contributed by atoms with E-state index in [-0.39, 0.29) is 38.0 Å². The van der Waals surface area contributed by atoms with Crippen LogP contribution in [0.1, 0.15) is 70.2 Å². The van der Waals surface area contributed by atoms with Gasteiger partial charge in [-0.15, -0.1) is 0 Å². The lowest BCUT2D eigenvalue weighted by Gasteiger charge is -2.33. The van der Waals surface area contributed by atoms with Gasteiger partial charge in [0.15, 0.2) is 0 Å². The standard InChI is InChI=1S/C10H18N2O2.C8H18N2.C7H14N2O.C6H14N2.C3H5BrO.C2H5Br.2CH4/c1-9(13)7-11-3-5-12(6-4-11)8-10(2)14;1-3-9-5-7-10(4-2)8-6-9;1-7(10)6-9-4-2-8-3-5-9;1-2-8-5-3-7-4-6-8;1-3(5)2-4;1-2-3;;/h3-8H2,1-2H3;3-8H2,1-2H3;8H,2-6H2,1H3;7H,2-6H2,1H3;2H2,1H3;2H2,1H3;2*1H4. The Hall–Kier alpha value is -0.680. The Balaban J connectivity index is -0.000000277. The topological polar surface area (TPSA) is 112 Å². The number of carbonyl (C=O) groups excluding carboxylic acids is 4. The lowest BCUT2D eigenvalue weighted by atomic mass is 10.2. The van der Waals surface area contributed by atoms with Crippen molar-refractivity contribution in [2.45, 2.75) is 70.2 Å². The molecule has 0 bridgehead atoms. The molecule has 0 aromatic rings. The molecule has 0 aromatic carbocycles. The third kappa shape index (κ3) is 37.6. The van der Waals surface area contributed by atoms with Crippen LogP contribution in [0, 0.1) is 0 Å². The van der Waals surface area contributed by atoms with Gasteiger partial charge in [0.1, 0.15) is 23.1 Å². The molecule has 0 amide bonds. The average molecular weight is 875 g/mol. The van der Waals surface area contributed by atoms with Gasteiger partial charge >= 0.3 is 0 Å². The van der Waals surface area contributed by atoms with Crippen LogP contribution in [0.4, 0.5) is 0 Å². The summed E-state index contributed by atoms with van der Waals surface area (Å²) in [6.45, 7) is 38.0. The van der Waals surface area contributed by atoms with E-state index in [1.54, 1.807) is 20.8 Å². The smallest absolute Gasteiger partial charge is 0.143 e. The van der Waals surface area contributed by atoms with Crippen molar-refractivity contribution >= 4 is 55.0 Å². The fraction of sp³-hybridized carbons (Fsp3) is 0.895. The minimum Gasteiger partial charge on any atom is -0.314 e. The van der Waals surface area contributed by atoms with E-state index in [0.29, 0.717) is 25.0 Å². The summed E-state index contributed by atoms with van der Waals surface area (Å²) in [7, 11) is 0. The summed E-state index contributed by atoms with van der Waals surface area (Å²) in [6.07, 6.45) is 0. The first kappa shape index (κ1) is 58.0. The van der Waals surface area contributed by atoms with Crippen LogP contribution >= 0.6 is 31.9 Å². The van der Waals surface area contributed by atoms with Crippen LogP contribution in [0.3, 0.4) is 0 Å². The van der Waals surface area contributed by atoms with E-state index < -0.39 is 0 Å². The van der Waals surface area contributed by atoms with Crippen LogP contribution in [-0.2, 0) is 19.2 Å². The molecule has 4 aliphatic heterocycles. The zero-order chi connectivity index (χ0) is 38.2. The maximum Gasteiger partial charge on any atom is 0.143 e. The van der Waals surface area contributed by atoms with Gasteiger partial charge in [-0.3, -0.25) is 33.9 Å². The van der Waals surface area contributed by atoms with Crippen molar-refractivity contribution in [2.24, 2.45) is 0 Å². The number of nitrogens with zero attached hydrogens (tertiary/aromatic N) is 6.